The molecule has 4 nitrogen and oxygen atoms in total. The Hall–Kier alpha value is -0.0400. The Labute approximate surface area is 153 Å². The van der Waals surface area contributed by atoms with Gasteiger partial charge in [-0.25, -0.2) is 0 Å². The molecule has 2 fully saturated rings. The molecule has 2 aliphatic carbocycles. The molecule has 0 amide bonds. The summed E-state index contributed by atoms with van der Waals surface area (Å²) in [4.78, 5) is 7.07. The molecule has 1 N–H and O–H groups in total. The van der Waals surface area contributed by atoms with Crippen molar-refractivity contribution in [1.82, 2.24) is 10.2 Å². The number of nitrogens with zero attached hydrogens (tertiary/aromatic N) is 2. The molecule has 5 heteroatoms. The summed E-state index contributed by atoms with van der Waals surface area (Å²) < 4.78 is 5.73. The number of nitrogens with one attached hydrogen (secondary N) is 1. The molecule has 0 bridgehead atoms. The van der Waals surface area contributed by atoms with E-state index in [4.69, 9.17) is 9.73 Å². The van der Waals surface area contributed by atoms with E-state index in [1.165, 1.54) is 38.5 Å². The highest BCUT2D eigenvalue weighted by Crippen LogP contribution is 2.37. The smallest absolute Gasteiger partial charge is 0.193 e. The highest BCUT2D eigenvalue weighted by atomic mass is 127. The highest BCUT2D eigenvalue weighted by molar-refractivity contribution is 14.0. The molecule has 0 aromatic heterocycles. The van der Waals surface area contributed by atoms with Crippen LogP contribution < -0.4 is 5.32 Å². The van der Waals surface area contributed by atoms with Gasteiger partial charge in [0.15, 0.2) is 5.96 Å². The summed E-state index contributed by atoms with van der Waals surface area (Å²) in [6.45, 7) is 9.03. The summed E-state index contributed by atoms with van der Waals surface area (Å²) >= 11 is 0. The lowest BCUT2D eigenvalue weighted by Gasteiger charge is -2.25. The maximum absolute atomic E-state index is 5.73. The second-order valence-electron chi connectivity index (χ2n) is 7.13. The van der Waals surface area contributed by atoms with Crippen LogP contribution in [0.3, 0.4) is 0 Å². The van der Waals surface area contributed by atoms with Crippen LogP contribution in [-0.4, -0.2) is 50.8 Å². The average Bonchev–Trinajstić information content (AvgIpc) is 3.20. The third kappa shape index (κ3) is 7.02. The molecule has 2 rings (SSSR count). The van der Waals surface area contributed by atoms with Crippen molar-refractivity contribution < 1.29 is 4.74 Å². The Balaban J connectivity index is 0.00000242. The fourth-order valence-corrected chi connectivity index (χ4v) is 2.96. The second-order valence-corrected chi connectivity index (χ2v) is 7.13. The first-order valence-corrected chi connectivity index (χ1v) is 8.70. The summed E-state index contributed by atoms with van der Waals surface area (Å²) in [5.74, 6) is 1.88. The number of rotatable bonds is 8. The predicted molar refractivity (Wildman–Crippen MR) is 104 cm³/mol. The first-order valence-electron chi connectivity index (χ1n) is 8.70. The molecule has 2 saturated carbocycles. The Bertz CT molecular complexity index is 339. The Morgan fingerprint density at radius 2 is 2.00 bits per heavy atom. The Kier molecular flexibility index (Phi) is 9.05. The van der Waals surface area contributed by atoms with Crippen LogP contribution in [-0.2, 0) is 4.74 Å². The fourth-order valence-electron chi connectivity index (χ4n) is 2.96. The van der Waals surface area contributed by atoms with E-state index in [0.29, 0.717) is 5.41 Å². The molecule has 0 aromatic rings. The van der Waals surface area contributed by atoms with Crippen LogP contribution in [0, 0.1) is 11.3 Å². The highest BCUT2D eigenvalue weighted by Gasteiger charge is 2.28. The van der Waals surface area contributed by atoms with Crippen LogP contribution in [0.1, 0.15) is 52.4 Å². The van der Waals surface area contributed by atoms with Gasteiger partial charge in [-0.1, -0.05) is 19.8 Å². The van der Waals surface area contributed by atoms with Crippen molar-refractivity contribution in [3.05, 3.63) is 0 Å². The van der Waals surface area contributed by atoms with E-state index in [9.17, 15) is 0 Å². The molecule has 2 aliphatic rings. The second kappa shape index (κ2) is 9.96. The van der Waals surface area contributed by atoms with Gasteiger partial charge < -0.3 is 15.0 Å². The normalized spacial score (nSPS) is 20.6. The lowest BCUT2D eigenvalue weighted by atomic mass is 9.89. The summed E-state index contributed by atoms with van der Waals surface area (Å²) in [7, 11) is 2.11. The maximum Gasteiger partial charge on any atom is 0.193 e. The quantitative estimate of drug-likeness (QED) is 0.281. The van der Waals surface area contributed by atoms with E-state index in [1.54, 1.807) is 0 Å². The molecule has 0 heterocycles. The van der Waals surface area contributed by atoms with Gasteiger partial charge in [0.05, 0.1) is 6.61 Å². The minimum Gasteiger partial charge on any atom is -0.379 e. The minimum absolute atomic E-state index is 0. The number of aliphatic imine (C=N–C) groups is 1. The van der Waals surface area contributed by atoms with E-state index < -0.39 is 0 Å². The lowest BCUT2D eigenvalue weighted by molar-refractivity contribution is 0.115. The van der Waals surface area contributed by atoms with Gasteiger partial charge in [0, 0.05) is 33.3 Å². The maximum atomic E-state index is 5.73. The number of guanidine groups is 1. The summed E-state index contributed by atoms with van der Waals surface area (Å²) in [5, 5.41) is 3.41. The first kappa shape index (κ1) is 20.0. The van der Waals surface area contributed by atoms with Gasteiger partial charge in [-0.15, -0.1) is 24.0 Å². The molecule has 22 heavy (non-hydrogen) atoms. The molecule has 0 aromatic carbocycles. The van der Waals surface area contributed by atoms with Crippen LogP contribution in [0.2, 0.25) is 0 Å². The van der Waals surface area contributed by atoms with Crippen LogP contribution in [0.15, 0.2) is 4.99 Å². The van der Waals surface area contributed by atoms with Crippen LogP contribution in [0.5, 0.6) is 0 Å². The molecule has 0 spiro atoms. The fraction of sp³-hybridized carbons (Fsp3) is 0.941. The van der Waals surface area contributed by atoms with Crippen molar-refractivity contribution in [1.29, 1.82) is 0 Å². The summed E-state index contributed by atoms with van der Waals surface area (Å²) in [5.41, 5.74) is 0.421. The van der Waals surface area contributed by atoms with E-state index >= 15 is 0 Å². The Morgan fingerprint density at radius 3 is 2.59 bits per heavy atom. The van der Waals surface area contributed by atoms with Crippen LogP contribution >= 0.6 is 24.0 Å². The number of likely N-dealkylation sites (N-methyl/N-ethyl adjacent to an activating group) is 1. The van der Waals surface area contributed by atoms with Gasteiger partial charge in [0.1, 0.15) is 0 Å². The number of hydrogen-bond donors (Lipinski definition) is 1. The number of hydrogen-bond acceptors (Lipinski definition) is 2. The van der Waals surface area contributed by atoms with Crippen LogP contribution in [0.25, 0.3) is 0 Å². The zero-order chi connectivity index (χ0) is 15.1. The van der Waals surface area contributed by atoms with E-state index in [1.807, 2.05) is 0 Å². The molecular formula is C17H34IN3O. The SMILES string of the molecule is CCNC(=NCC1(C)CCCC1)N(C)CCOCC1CC1.I. The average molecular weight is 423 g/mol. The van der Waals surface area contributed by atoms with Crippen molar-refractivity contribution >= 4 is 29.9 Å². The predicted octanol–water partition coefficient (Wildman–Crippen LogP) is 3.51. The van der Waals surface area contributed by atoms with Gasteiger partial charge in [0.25, 0.3) is 0 Å². The standard InChI is InChI=1S/C17H33N3O.HI/c1-4-18-16(19-14-17(2)9-5-6-10-17)20(3)11-12-21-13-15-7-8-15;/h15H,4-14H2,1-3H3,(H,18,19);1H. The summed E-state index contributed by atoms with van der Waals surface area (Å²) in [6, 6.07) is 0. The van der Waals surface area contributed by atoms with Gasteiger partial charge in [-0.2, -0.15) is 0 Å². The topological polar surface area (TPSA) is 36.9 Å². The molecule has 0 radical (unpaired) electrons. The molecule has 0 unspecified atom stereocenters. The molecule has 0 atom stereocenters. The lowest BCUT2D eigenvalue weighted by Crippen LogP contribution is -2.41. The molecule has 0 saturated heterocycles. The zero-order valence-electron chi connectivity index (χ0n) is 14.6. The largest absolute Gasteiger partial charge is 0.379 e. The molecule has 130 valence electrons. The first-order chi connectivity index (χ1) is 10.1. The van der Waals surface area contributed by atoms with Gasteiger partial charge in [-0.3, -0.25) is 4.99 Å². The number of halogens is 1. The van der Waals surface area contributed by atoms with Crippen molar-refractivity contribution in [3.63, 3.8) is 0 Å². The third-order valence-corrected chi connectivity index (χ3v) is 4.74. The Morgan fingerprint density at radius 1 is 1.32 bits per heavy atom. The number of ether oxygens (including phenoxy) is 1. The monoisotopic (exact) mass is 423 g/mol. The van der Waals surface area contributed by atoms with Crippen molar-refractivity contribution in [2.45, 2.75) is 52.4 Å². The zero-order valence-corrected chi connectivity index (χ0v) is 16.9. The van der Waals surface area contributed by atoms with Gasteiger partial charge >= 0.3 is 0 Å². The van der Waals surface area contributed by atoms with Gasteiger partial charge in [0.2, 0.25) is 0 Å². The van der Waals surface area contributed by atoms with Crippen molar-refractivity contribution in [3.8, 4) is 0 Å². The van der Waals surface area contributed by atoms with E-state index in [-0.39, 0.29) is 24.0 Å². The van der Waals surface area contributed by atoms with Crippen molar-refractivity contribution in [2.24, 2.45) is 16.3 Å². The minimum atomic E-state index is 0. The molecular weight excluding hydrogens is 389 g/mol. The van der Waals surface area contributed by atoms with E-state index in [0.717, 1.165) is 44.7 Å². The van der Waals surface area contributed by atoms with E-state index in [2.05, 4.69) is 31.1 Å². The van der Waals surface area contributed by atoms with Crippen molar-refractivity contribution in [2.75, 3.05) is 39.9 Å². The molecule has 0 aliphatic heterocycles. The third-order valence-electron chi connectivity index (χ3n) is 4.74. The summed E-state index contributed by atoms with van der Waals surface area (Å²) in [6.07, 6.45) is 8.10. The van der Waals surface area contributed by atoms with Gasteiger partial charge in [-0.05, 0) is 43.9 Å². The van der Waals surface area contributed by atoms with Crippen LogP contribution in [0.4, 0.5) is 0 Å².